The average Bonchev–Trinajstić information content (AvgIpc) is 2.60. The highest BCUT2D eigenvalue weighted by molar-refractivity contribution is 5.98. The lowest BCUT2D eigenvalue weighted by Crippen LogP contribution is -2.40. The lowest BCUT2D eigenvalue weighted by molar-refractivity contribution is -0.119. The molecule has 0 bridgehead atoms. The number of para-hydroxylation sites is 1. The van der Waals surface area contributed by atoms with E-state index in [1.54, 1.807) is 11.9 Å². The summed E-state index contributed by atoms with van der Waals surface area (Å²) in [5.41, 5.74) is 9.42. The van der Waals surface area contributed by atoms with Gasteiger partial charge in [-0.2, -0.15) is 0 Å². The molecule has 1 aliphatic rings. The van der Waals surface area contributed by atoms with Crippen molar-refractivity contribution < 1.29 is 4.79 Å². The number of fused-ring (bicyclic) bond motifs is 1. The van der Waals surface area contributed by atoms with Gasteiger partial charge in [0.1, 0.15) is 0 Å². The van der Waals surface area contributed by atoms with Crippen molar-refractivity contribution in [3.05, 3.63) is 65.7 Å². The Hall–Kier alpha value is -2.13. The van der Waals surface area contributed by atoms with Crippen LogP contribution in [0.1, 0.15) is 23.5 Å². The maximum absolute atomic E-state index is 12.3. The van der Waals surface area contributed by atoms with E-state index in [4.69, 9.17) is 5.73 Å². The van der Waals surface area contributed by atoms with Gasteiger partial charge in [0, 0.05) is 18.7 Å². The van der Waals surface area contributed by atoms with Crippen LogP contribution in [0, 0.1) is 0 Å². The molecule has 102 valence electrons. The van der Waals surface area contributed by atoms with Gasteiger partial charge in [-0.3, -0.25) is 4.79 Å². The number of anilines is 1. The van der Waals surface area contributed by atoms with Crippen LogP contribution in [-0.2, 0) is 4.79 Å². The number of likely N-dealkylation sites (N-methyl/N-ethyl adjacent to an activating group) is 1. The Kier molecular flexibility index (Phi) is 3.28. The van der Waals surface area contributed by atoms with Crippen LogP contribution in [0.25, 0.3) is 0 Å². The predicted octanol–water partition coefficient (Wildman–Crippen LogP) is 2.51. The van der Waals surface area contributed by atoms with Crippen LogP contribution in [0.4, 0.5) is 5.69 Å². The normalized spacial score (nSPS) is 22.3. The number of carbonyl (C=O) groups excluding carboxylic acids is 1. The van der Waals surface area contributed by atoms with Gasteiger partial charge in [-0.1, -0.05) is 48.5 Å². The average molecular weight is 266 g/mol. The Labute approximate surface area is 119 Å². The topological polar surface area (TPSA) is 46.3 Å². The quantitative estimate of drug-likeness (QED) is 0.862. The molecule has 1 amide bonds. The number of nitrogens with zero attached hydrogens (tertiary/aromatic N) is 1. The maximum Gasteiger partial charge on any atom is 0.243 e. The summed E-state index contributed by atoms with van der Waals surface area (Å²) in [4.78, 5) is 14.0. The third-order valence-electron chi connectivity index (χ3n) is 4.01. The highest BCUT2D eigenvalue weighted by Crippen LogP contribution is 2.37. The molecule has 20 heavy (non-hydrogen) atoms. The molecule has 2 aromatic rings. The van der Waals surface area contributed by atoms with E-state index in [9.17, 15) is 4.79 Å². The van der Waals surface area contributed by atoms with Gasteiger partial charge in [0.25, 0.3) is 0 Å². The van der Waals surface area contributed by atoms with Crippen LogP contribution >= 0.6 is 0 Å². The molecule has 0 radical (unpaired) electrons. The summed E-state index contributed by atoms with van der Waals surface area (Å²) in [7, 11) is 1.80. The monoisotopic (exact) mass is 266 g/mol. The second-order valence-corrected chi connectivity index (χ2v) is 5.26. The smallest absolute Gasteiger partial charge is 0.243 e. The molecule has 0 aliphatic carbocycles. The summed E-state index contributed by atoms with van der Waals surface area (Å²) < 4.78 is 0. The molecule has 0 spiro atoms. The van der Waals surface area contributed by atoms with E-state index in [0.717, 1.165) is 5.69 Å². The number of hydrogen-bond acceptors (Lipinski definition) is 2. The number of hydrogen-bond donors (Lipinski definition) is 1. The van der Waals surface area contributed by atoms with E-state index >= 15 is 0 Å². The predicted molar refractivity (Wildman–Crippen MR) is 80.7 cm³/mol. The van der Waals surface area contributed by atoms with E-state index in [-0.39, 0.29) is 11.8 Å². The molecular formula is C17H18N2O. The van der Waals surface area contributed by atoms with Crippen molar-refractivity contribution in [3.63, 3.8) is 0 Å². The van der Waals surface area contributed by atoms with E-state index in [1.165, 1.54) is 11.1 Å². The van der Waals surface area contributed by atoms with Gasteiger partial charge in [0.05, 0.1) is 6.04 Å². The van der Waals surface area contributed by atoms with Crippen molar-refractivity contribution in [2.75, 3.05) is 11.9 Å². The zero-order chi connectivity index (χ0) is 14.1. The number of amides is 1. The van der Waals surface area contributed by atoms with Crippen molar-refractivity contribution in [1.29, 1.82) is 0 Å². The summed E-state index contributed by atoms with van der Waals surface area (Å²) in [6, 6.07) is 17.9. The lowest BCUT2D eigenvalue weighted by Gasteiger charge is -2.20. The van der Waals surface area contributed by atoms with Gasteiger partial charge in [0.15, 0.2) is 0 Å². The van der Waals surface area contributed by atoms with Crippen LogP contribution in [0.5, 0.6) is 0 Å². The van der Waals surface area contributed by atoms with E-state index in [1.807, 2.05) is 36.4 Å². The highest BCUT2D eigenvalue weighted by Gasteiger charge is 2.31. The van der Waals surface area contributed by atoms with Crippen LogP contribution in [0.3, 0.4) is 0 Å². The Morgan fingerprint density at radius 2 is 1.70 bits per heavy atom. The fourth-order valence-electron chi connectivity index (χ4n) is 2.94. The number of benzene rings is 2. The minimum absolute atomic E-state index is 0.0177. The SMILES string of the molecule is CN1C(=O)[C@H](N)C[C@@H](c2ccccc2)c2ccccc21. The molecule has 0 aromatic heterocycles. The Morgan fingerprint density at radius 1 is 1.05 bits per heavy atom. The third kappa shape index (κ3) is 2.10. The first-order valence-corrected chi connectivity index (χ1v) is 6.85. The molecule has 1 aliphatic heterocycles. The van der Waals surface area contributed by atoms with Crippen molar-refractivity contribution in [1.82, 2.24) is 0 Å². The van der Waals surface area contributed by atoms with Gasteiger partial charge < -0.3 is 10.6 Å². The minimum atomic E-state index is -0.461. The van der Waals surface area contributed by atoms with Crippen molar-refractivity contribution in [3.8, 4) is 0 Å². The second-order valence-electron chi connectivity index (χ2n) is 5.26. The van der Waals surface area contributed by atoms with Gasteiger partial charge in [-0.15, -0.1) is 0 Å². The molecule has 0 unspecified atom stereocenters. The molecular weight excluding hydrogens is 248 g/mol. The summed E-state index contributed by atoms with van der Waals surface area (Å²) >= 11 is 0. The van der Waals surface area contributed by atoms with Gasteiger partial charge in [-0.25, -0.2) is 0 Å². The minimum Gasteiger partial charge on any atom is -0.320 e. The van der Waals surface area contributed by atoms with Gasteiger partial charge >= 0.3 is 0 Å². The first-order chi connectivity index (χ1) is 9.68. The van der Waals surface area contributed by atoms with Crippen molar-refractivity contribution in [2.24, 2.45) is 5.73 Å². The zero-order valence-corrected chi connectivity index (χ0v) is 11.5. The molecule has 0 saturated carbocycles. The van der Waals surface area contributed by atoms with Crippen molar-refractivity contribution in [2.45, 2.75) is 18.4 Å². The molecule has 2 N–H and O–H groups in total. The fraction of sp³-hybridized carbons (Fsp3) is 0.235. The maximum atomic E-state index is 12.3. The van der Waals surface area contributed by atoms with E-state index in [2.05, 4.69) is 18.2 Å². The fourth-order valence-corrected chi connectivity index (χ4v) is 2.94. The molecule has 2 aromatic carbocycles. The molecule has 3 rings (SSSR count). The first-order valence-electron chi connectivity index (χ1n) is 6.85. The van der Waals surface area contributed by atoms with Gasteiger partial charge in [0.2, 0.25) is 5.91 Å². The van der Waals surface area contributed by atoms with Crippen LogP contribution < -0.4 is 10.6 Å². The first kappa shape index (κ1) is 12.9. The van der Waals surface area contributed by atoms with Crippen LogP contribution in [0.15, 0.2) is 54.6 Å². The number of rotatable bonds is 1. The summed E-state index contributed by atoms with van der Waals surface area (Å²) in [6.07, 6.45) is 0.643. The highest BCUT2D eigenvalue weighted by atomic mass is 16.2. The largest absolute Gasteiger partial charge is 0.320 e. The standard InChI is InChI=1S/C17H18N2O/c1-19-16-10-6-5-9-13(16)14(11-15(18)17(19)20)12-7-3-2-4-8-12/h2-10,14-15H,11,18H2,1H3/t14-,15+/m0/s1. The van der Waals surface area contributed by atoms with Crippen molar-refractivity contribution >= 4 is 11.6 Å². The Balaban J connectivity index is 2.15. The second kappa shape index (κ2) is 5.10. The molecule has 3 heteroatoms. The summed E-state index contributed by atoms with van der Waals surface area (Å²) in [6.45, 7) is 0. The molecule has 2 atom stereocenters. The Bertz CT molecular complexity index is 624. The lowest BCUT2D eigenvalue weighted by atomic mass is 9.86. The van der Waals surface area contributed by atoms with E-state index in [0.29, 0.717) is 6.42 Å². The zero-order valence-electron chi connectivity index (χ0n) is 11.5. The Morgan fingerprint density at radius 3 is 2.45 bits per heavy atom. The molecule has 0 fully saturated rings. The summed E-state index contributed by atoms with van der Waals surface area (Å²) in [5.74, 6) is 0.146. The number of carbonyl (C=O) groups is 1. The molecule has 3 nitrogen and oxygen atoms in total. The third-order valence-corrected chi connectivity index (χ3v) is 4.01. The number of nitrogens with two attached hydrogens (primary N) is 1. The van der Waals surface area contributed by atoms with Crippen LogP contribution in [0.2, 0.25) is 0 Å². The summed E-state index contributed by atoms with van der Waals surface area (Å²) in [5, 5.41) is 0. The van der Waals surface area contributed by atoms with Gasteiger partial charge in [-0.05, 0) is 23.6 Å². The van der Waals surface area contributed by atoms with E-state index < -0.39 is 6.04 Å². The van der Waals surface area contributed by atoms with Crippen LogP contribution in [-0.4, -0.2) is 19.0 Å². The molecule has 1 heterocycles. The molecule has 0 saturated heterocycles.